The Morgan fingerprint density at radius 2 is 0.958 bits per heavy atom. The molecule has 0 amide bonds. The molecule has 1 heteroatoms. The van der Waals surface area contributed by atoms with Crippen LogP contribution < -0.4 is 16.4 Å². The zero-order chi connectivity index (χ0) is 16.8. The molecule has 0 saturated heterocycles. The minimum atomic E-state index is -0.983. The van der Waals surface area contributed by atoms with Gasteiger partial charge in [-0.25, -0.2) is 0 Å². The first-order chi connectivity index (χ1) is 11.8. The topological polar surface area (TPSA) is 0 Å². The van der Waals surface area contributed by atoms with Crippen LogP contribution in [0.1, 0.15) is 26.7 Å². The molecule has 0 fully saturated rings. The lowest BCUT2D eigenvalue weighted by Crippen LogP contribution is -2.69. The third kappa shape index (κ3) is 2.91. The molecule has 1 unspecified atom stereocenters. The lowest BCUT2D eigenvalue weighted by atomic mass is 9.10. The Hall–Kier alpha value is -2.28. The fourth-order valence-electron chi connectivity index (χ4n) is 4.54. The van der Waals surface area contributed by atoms with E-state index in [1.807, 2.05) is 0 Å². The van der Waals surface area contributed by atoms with Crippen molar-refractivity contribution in [1.82, 2.24) is 0 Å². The van der Waals surface area contributed by atoms with Crippen molar-refractivity contribution >= 4 is 22.5 Å². The lowest BCUT2D eigenvalue weighted by molar-refractivity contribution is 0.755. The van der Waals surface area contributed by atoms with Gasteiger partial charge in [0.2, 0.25) is 0 Å². The Balaban J connectivity index is 2.33. The third-order valence-corrected chi connectivity index (χ3v) is 5.57. The van der Waals surface area contributed by atoms with Crippen LogP contribution in [-0.2, 0) is 0 Å². The summed E-state index contributed by atoms with van der Waals surface area (Å²) in [6.07, 6.45) is 1.44. The molecule has 0 aliphatic carbocycles. The average Bonchev–Trinajstić information content (AvgIpc) is 2.65. The average molecular weight is 313 g/mol. The minimum absolute atomic E-state index is 0.571. The highest BCUT2D eigenvalue weighted by Crippen LogP contribution is 2.26. The summed E-state index contributed by atoms with van der Waals surface area (Å²) in [6.45, 7) is 4.72. The zero-order valence-electron chi connectivity index (χ0n) is 14.7. The van der Waals surface area contributed by atoms with Crippen LogP contribution in [0.25, 0.3) is 0 Å². The molecule has 0 saturated carbocycles. The zero-order valence-corrected chi connectivity index (χ0v) is 14.7. The summed E-state index contributed by atoms with van der Waals surface area (Å²) in [5, 5.41) is 0. The summed E-state index contributed by atoms with van der Waals surface area (Å²) < 4.78 is 0. The largest absolute Gasteiger partial charge is 0.200 e. The SMILES string of the molecule is CCCC(C)[B-](c1ccccc1)(c1ccccc1)c1ccccc1. The van der Waals surface area contributed by atoms with Gasteiger partial charge in [-0.15, -0.1) is 0 Å². The minimum Gasteiger partial charge on any atom is -0.200 e. The van der Waals surface area contributed by atoms with Gasteiger partial charge in [0.15, 0.2) is 0 Å². The van der Waals surface area contributed by atoms with Crippen LogP contribution in [0, 0.1) is 0 Å². The van der Waals surface area contributed by atoms with E-state index in [0.29, 0.717) is 5.82 Å². The molecule has 1 atom stereocenters. The summed E-state index contributed by atoms with van der Waals surface area (Å²) in [4.78, 5) is 0. The van der Waals surface area contributed by atoms with Crippen molar-refractivity contribution in [2.45, 2.75) is 32.5 Å². The predicted octanol–water partition coefficient (Wildman–Crippen LogP) is 4.35. The van der Waals surface area contributed by atoms with Gasteiger partial charge in [-0.1, -0.05) is 118 Å². The maximum Gasteiger partial charge on any atom is 0.0839 e. The molecule has 0 heterocycles. The molecule has 0 aromatic heterocycles. The molecular formula is C23H26B-. The van der Waals surface area contributed by atoms with Gasteiger partial charge >= 0.3 is 0 Å². The number of hydrogen-bond acceptors (Lipinski definition) is 0. The van der Waals surface area contributed by atoms with Crippen molar-refractivity contribution in [3.63, 3.8) is 0 Å². The molecule has 0 aliphatic heterocycles. The van der Waals surface area contributed by atoms with Gasteiger partial charge in [0, 0.05) is 0 Å². The lowest BCUT2D eigenvalue weighted by Gasteiger charge is -2.48. The van der Waals surface area contributed by atoms with Crippen LogP contribution in [0.15, 0.2) is 91.0 Å². The van der Waals surface area contributed by atoms with E-state index >= 15 is 0 Å². The molecule has 0 radical (unpaired) electrons. The molecule has 0 N–H and O–H groups in total. The molecule has 3 aromatic rings. The van der Waals surface area contributed by atoms with Gasteiger partial charge in [-0.3, -0.25) is 0 Å². The van der Waals surface area contributed by atoms with Crippen LogP contribution in [0.5, 0.6) is 0 Å². The summed E-state index contributed by atoms with van der Waals surface area (Å²) in [5.41, 5.74) is 4.32. The molecule has 0 aliphatic rings. The molecule has 24 heavy (non-hydrogen) atoms. The van der Waals surface area contributed by atoms with Gasteiger partial charge in [-0.2, -0.15) is 22.2 Å². The van der Waals surface area contributed by atoms with Crippen molar-refractivity contribution < 1.29 is 0 Å². The summed E-state index contributed by atoms with van der Waals surface area (Å²) in [5.74, 6) is 0.571. The van der Waals surface area contributed by atoms with Gasteiger partial charge in [0.05, 0.1) is 6.15 Å². The highest BCUT2D eigenvalue weighted by atomic mass is 14.1. The molecular weight excluding hydrogens is 287 g/mol. The standard InChI is InChI=1S/C23H26B/c1-3-13-20(2)24(21-14-7-4-8-15-21,22-16-9-5-10-17-22)23-18-11-6-12-19-23/h4-12,14-20H,3,13H2,1-2H3/q-1. The van der Waals surface area contributed by atoms with Crippen LogP contribution in [-0.4, -0.2) is 6.15 Å². The second-order valence-electron chi connectivity index (χ2n) is 6.93. The van der Waals surface area contributed by atoms with Crippen molar-refractivity contribution in [2.75, 3.05) is 0 Å². The Morgan fingerprint density at radius 1 is 0.625 bits per heavy atom. The second kappa shape index (κ2) is 7.53. The van der Waals surface area contributed by atoms with Gasteiger partial charge in [-0.05, 0) is 0 Å². The van der Waals surface area contributed by atoms with E-state index in [9.17, 15) is 0 Å². The fraction of sp³-hybridized carbons (Fsp3) is 0.217. The van der Waals surface area contributed by atoms with Crippen LogP contribution in [0.2, 0.25) is 5.82 Å². The summed E-state index contributed by atoms with van der Waals surface area (Å²) in [7, 11) is 0. The molecule has 3 aromatic carbocycles. The van der Waals surface area contributed by atoms with E-state index in [1.165, 1.54) is 29.2 Å². The summed E-state index contributed by atoms with van der Waals surface area (Å²) >= 11 is 0. The normalized spacial score (nSPS) is 12.8. The van der Waals surface area contributed by atoms with E-state index in [0.717, 1.165) is 0 Å². The Labute approximate surface area is 146 Å². The molecule has 3 rings (SSSR count). The van der Waals surface area contributed by atoms with E-state index in [2.05, 4.69) is 105 Å². The van der Waals surface area contributed by atoms with Crippen LogP contribution >= 0.6 is 0 Å². The first-order valence-electron chi connectivity index (χ1n) is 9.12. The Kier molecular flexibility index (Phi) is 5.20. The fourth-order valence-corrected chi connectivity index (χ4v) is 4.54. The first-order valence-corrected chi connectivity index (χ1v) is 9.12. The molecule has 122 valence electrons. The van der Waals surface area contributed by atoms with Crippen molar-refractivity contribution in [1.29, 1.82) is 0 Å². The molecule has 0 spiro atoms. The van der Waals surface area contributed by atoms with E-state index < -0.39 is 6.15 Å². The van der Waals surface area contributed by atoms with E-state index in [1.54, 1.807) is 0 Å². The Morgan fingerprint density at radius 3 is 1.25 bits per heavy atom. The monoisotopic (exact) mass is 313 g/mol. The number of hydrogen-bond donors (Lipinski definition) is 0. The smallest absolute Gasteiger partial charge is 0.0839 e. The molecule has 0 nitrogen and oxygen atoms in total. The number of rotatable bonds is 6. The molecule has 0 bridgehead atoms. The van der Waals surface area contributed by atoms with E-state index in [-0.39, 0.29) is 0 Å². The van der Waals surface area contributed by atoms with Gasteiger partial charge < -0.3 is 0 Å². The van der Waals surface area contributed by atoms with Crippen LogP contribution in [0.3, 0.4) is 0 Å². The first kappa shape index (κ1) is 16.6. The quantitative estimate of drug-likeness (QED) is 0.594. The third-order valence-electron chi connectivity index (χ3n) is 5.57. The van der Waals surface area contributed by atoms with Gasteiger partial charge in [0.1, 0.15) is 0 Å². The highest BCUT2D eigenvalue weighted by Gasteiger charge is 2.34. The second-order valence-corrected chi connectivity index (χ2v) is 6.93. The maximum absolute atomic E-state index is 2.43. The predicted molar refractivity (Wildman–Crippen MR) is 108 cm³/mol. The van der Waals surface area contributed by atoms with Crippen molar-refractivity contribution in [3.8, 4) is 0 Å². The van der Waals surface area contributed by atoms with Gasteiger partial charge in [0.25, 0.3) is 0 Å². The Bertz CT molecular complexity index is 638. The van der Waals surface area contributed by atoms with E-state index in [4.69, 9.17) is 0 Å². The number of benzene rings is 3. The highest BCUT2D eigenvalue weighted by molar-refractivity contribution is 7.12. The van der Waals surface area contributed by atoms with Crippen LogP contribution in [0.4, 0.5) is 0 Å². The maximum atomic E-state index is 2.43. The summed E-state index contributed by atoms with van der Waals surface area (Å²) in [6, 6.07) is 33.3. The van der Waals surface area contributed by atoms with Crippen molar-refractivity contribution in [2.24, 2.45) is 0 Å². The van der Waals surface area contributed by atoms with Crippen molar-refractivity contribution in [3.05, 3.63) is 91.0 Å².